The average Bonchev–Trinajstić information content (AvgIpc) is 3.31. The summed E-state index contributed by atoms with van der Waals surface area (Å²) in [5.74, 6) is -1.84. The molecule has 3 fully saturated rings. The van der Waals surface area contributed by atoms with Gasteiger partial charge in [0, 0.05) is 18.1 Å². The summed E-state index contributed by atoms with van der Waals surface area (Å²) in [7, 11) is 0. The van der Waals surface area contributed by atoms with Crippen LogP contribution in [0.2, 0.25) is 10.0 Å². The highest BCUT2D eigenvalue weighted by Gasteiger charge is 2.62. The molecule has 3 aliphatic rings. The molecule has 0 bridgehead atoms. The second-order valence-electron chi connectivity index (χ2n) is 7.26. The van der Waals surface area contributed by atoms with Crippen LogP contribution in [0.15, 0.2) is 42.5 Å². The number of carbonyl (C=O) groups is 2. The van der Waals surface area contributed by atoms with Crippen LogP contribution in [0, 0.1) is 11.7 Å². The maximum Gasteiger partial charge on any atom is 0.253 e. The number of hydrazine groups is 1. The zero-order valence-electron chi connectivity index (χ0n) is 14.7. The summed E-state index contributed by atoms with van der Waals surface area (Å²) < 4.78 is 14.0. The van der Waals surface area contributed by atoms with E-state index in [-0.39, 0.29) is 28.6 Å². The third kappa shape index (κ3) is 2.52. The Labute approximate surface area is 171 Å². The maximum atomic E-state index is 14.0. The molecule has 5 rings (SSSR count). The minimum Gasteiger partial charge on any atom is -0.274 e. The van der Waals surface area contributed by atoms with Crippen molar-refractivity contribution in [3.63, 3.8) is 0 Å². The van der Waals surface area contributed by atoms with Crippen molar-refractivity contribution in [3.8, 4) is 0 Å². The van der Waals surface area contributed by atoms with Crippen LogP contribution in [0.25, 0.3) is 0 Å². The third-order valence-electron chi connectivity index (χ3n) is 5.78. The molecule has 0 saturated carbocycles. The zero-order valence-corrected chi connectivity index (χ0v) is 16.2. The van der Waals surface area contributed by atoms with E-state index in [1.807, 2.05) is 17.1 Å². The molecular weight excluding hydrogens is 404 g/mol. The molecule has 8 heteroatoms. The molecule has 28 heavy (non-hydrogen) atoms. The van der Waals surface area contributed by atoms with Gasteiger partial charge in [-0.2, -0.15) is 0 Å². The summed E-state index contributed by atoms with van der Waals surface area (Å²) in [5.41, 5.74) is 1.15. The monoisotopic (exact) mass is 419 g/mol. The third-order valence-corrected chi connectivity index (χ3v) is 6.34. The molecule has 2 aromatic rings. The van der Waals surface area contributed by atoms with E-state index >= 15 is 0 Å². The SMILES string of the molecule is O=C1[C@@H]2[C@@H](c3ccc(Cl)cc3)N3CCCN3[C@H]2C(=O)N1c1ccc(Cl)c(F)c1. The number of amides is 2. The number of rotatable bonds is 2. The number of benzene rings is 2. The first-order valence-electron chi connectivity index (χ1n) is 9.09. The Morgan fingerprint density at radius 3 is 2.25 bits per heavy atom. The zero-order chi connectivity index (χ0) is 19.6. The van der Waals surface area contributed by atoms with Gasteiger partial charge < -0.3 is 0 Å². The Kier molecular flexibility index (Phi) is 4.21. The van der Waals surface area contributed by atoms with Gasteiger partial charge in [-0.1, -0.05) is 35.3 Å². The molecule has 3 aliphatic heterocycles. The molecule has 2 amide bonds. The normalized spacial score (nSPS) is 27.5. The van der Waals surface area contributed by atoms with Crippen LogP contribution in [0.5, 0.6) is 0 Å². The Balaban J connectivity index is 1.58. The van der Waals surface area contributed by atoms with Gasteiger partial charge in [-0.25, -0.2) is 19.3 Å². The summed E-state index contributed by atoms with van der Waals surface area (Å²) in [5, 5.41) is 4.68. The number of anilines is 1. The number of halogens is 3. The van der Waals surface area contributed by atoms with E-state index in [4.69, 9.17) is 23.2 Å². The minimum absolute atomic E-state index is 0.0483. The predicted molar refractivity (Wildman–Crippen MR) is 103 cm³/mol. The van der Waals surface area contributed by atoms with Crippen molar-refractivity contribution in [3.05, 3.63) is 63.9 Å². The van der Waals surface area contributed by atoms with Gasteiger partial charge in [-0.05, 0) is 42.3 Å². The Morgan fingerprint density at radius 1 is 0.893 bits per heavy atom. The van der Waals surface area contributed by atoms with Crippen LogP contribution >= 0.6 is 23.2 Å². The van der Waals surface area contributed by atoms with E-state index in [0.29, 0.717) is 11.6 Å². The molecule has 5 nitrogen and oxygen atoms in total. The Hall–Kier alpha value is -1.99. The summed E-state index contributed by atoms with van der Waals surface area (Å²) in [6.45, 7) is 1.50. The highest BCUT2D eigenvalue weighted by atomic mass is 35.5. The lowest BCUT2D eigenvalue weighted by Gasteiger charge is -2.29. The van der Waals surface area contributed by atoms with Crippen molar-refractivity contribution in [1.82, 2.24) is 10.0 Å². The first-order chi connectivity index (χ1) is 13.5. The number of nitrogens with zero attached hydrogens (tertiary/aromatic N) is 3. The fourth-order valence-corrected chi connectivity index (χ4v) is 4.90. The molecule has 3 atom stereocenters. The molecule has 0 aliphatic carbocycles. The Morgan fingerprint density at radius 2 is 1.57 bits per heavy atom. The summed E-state index contributed by atoms with van der Waals surface area (Å²) in [6.07, 6.45) is 0.921. The van der Waals surface area contributed by atoms with Crippen molar-refractivity contribution in [2.24, 2.45) is 5.92 Å². The highest BCUT2D eigenvalue weighted by molar-refractivity contribution is 6.31. The number of fused-ring (bicyclic) bond motifs is 3. The molecule has 0 aromatic heterocycles. The fourth-order valence-electron chi connectivity index (χ4n) is 4.65. The molecule has 144 valence electrons. The average molecular weight is 420 g/mol. The highest BCUT2D eigenvalue weighted by Crippen LogP contribution is 2.49. The molecule has 0 spiro atoms. The van der Waals surface area contributed by atoms with Gasteiger partial charge in [0.2, 0.25) is 5.91 Å². The van der Waals surface area contributed by atoms with Gasteiger partial charge in [0.05, 0.1) is 22.7 Å². The van der Waals surface area contributed by atoms with Gasteiger partial charge in [0.1, 0.15) is 11.9 Å². The summed E-state index contributed by atoms with van der Waals surface area (Å²) in [4.78, 5) is 27.7. The van der Waals surface area contributed by atoms with Crippen LogP contribution in [0.4, 0.5) is 10.1 Å². The minimum atomic E-state index is -0.658. The van der Waals surface area contributed by atoms with Crippen molar-refractivity contribution in [2.75, 3.05) is 18.0 Å². The quantitative estimate of drug-likeness (QED) is 0.696. The molecule has 3 saturated heterocycles. The van der Waals surface area contributed by atoms with Crippen LogP contribution < -0.4 is 4.90 Å². The molecule has 0 radical (unpaired) electrons. The van der Waals surface area contributed by atoms with E-state index in [0.717, 1.165) is 29.5 Å². The van der Waals surface area contributed by atoms with Gasteiger partial charge in [0.15, 0.2) is 0 Å². The van der Waals surface area contributed by atoms with Crippen LogP contribution in [0.3, 0.4) is 0 Å². The topological polar surface area (TPSA) is 43.9 Å². The summed E-state index contributed by atoms with van der Waals surface area (Å²) >= 11 is 11.8. The number of hydrogen-bond acceptors (Lipinski definition) is 4. The first-order valence-corrected chi connectivity index (χ1v) is 9.84. The smallest absolute Gasteiger partial charge is 0.253 e. The fraction of sp³-hybridized carbons (Fsp3) is 0.300. The number of hydrogen-bond donors (Lipinski definition) is 0. The predicted octanol–water partition coefficient (Wildman–Crippen LogP) is 3.67. The van der Waals surface area contributed by atoms with Gasteiger partial charge in [-0.15, -0.1) is 0 Å². The van der Waals surface area contributed by atoms with E-state index < -0.39 is 17.8 Å². The first kappa shape index (κ1) is 18.1. The lowest BCUT2D eigenvalue weighted by Crippen LogP contribution is -2.44. The lowest BCUT2D eigenvalue weighted by molar-refractivity contribution is -0.126. The van der Waals surface area contributed by atoms with Crippen molar-refractivity contribution < 1.29 is 14.0 Å². The standard InChI is InChI=1S/C20H16Cl2FN3O2/c21-12-4-2-11(3-5-12)17-16-18(25-9-1-8-24(17)25)20(28)26(19(16)27)13-6-7-14(22)15(23)10-13/h2-7,10,16-18H,1,8-9H2/t16-,17-,18-/m1/s1. The number of imide groups is 1. The molecule has 3 heterocycles. The van der Waals surface area contributed by atoms with Crippen molar-refractivity contribution >= 4 is 40.7 Å². The van der Waals surface area contributed by atoms with Crippen molar-refractivity contribution in [1.29, 1.82) is 0 Å². The summed E-state index contributed by atoms with van der Waals surface area (Å²) in [6, 6.07) is 10.6. The van der Waals surface area contributed by atoms with Crippen LogP contribution in [-0.4, -0.2) is 41.0 Å². The van der Waals surface area contributed by atoms with E-state index in [2.05, 4.69) is 5.01 Å². The second kappa shape index (κ2) is 6.52. The number of carbonyl (C=O) groups excluding carboxylic acids is 2. The molecule has 0 N–H and O–H groups in total. The largest absolute Gasteiger partial charge is 0.274 e. The maximum absolute atomic E-state index is 14.0. The van der Waals surface area contributed by atoms with Crippen LogP contribution in [0.1, 0.15) is 18.0 Å². The molecular formula is C20H16Cl2FN3O2. The van der Waals surface area contributed by atoms with E-state index in [1.165, 1.54) is 12.1 Å². The second-order valence-corrected chi connectivity index (χ2v) is 8.10. The Bertz CT molecular complexity index is 984. The van der Waals surface area contributed by atoms with Gasteiger partial charge in [0.25, 0.3) is 5.91 Å². The van der Waals surface area contributed by atoms with Gasteiger partial charge >= 0.3 is 0 Å². The lowest BCUT2D eigenvalue weighted by atomic mass is 9.90. The van der Waals surface area contributed by atoms with Crippen LogP contribution in [-0.2, 0) is 9.59 Å². The van der Waals surface area contributed by atoms with Crippen molar-refractivity contribution in [2.45, 2.75) is 18.5 Å². The molecule has 2 aromatic carbocycles. The van der Waals surface area contributed by atoms with Gasteiger partial charge in [-0.3, -0.25) is 9.59 Å². The van der Waals surface area contributed by atoms with E-state index in [1.54, 1.807) is 12.1 Å². The molecule has 0 unspecified atom stereocenters. The van der Waals surface area contributed by atoms with E-state index in [9.17, 15) is 14.0 Å².